The van der Waals surface area contributed by atoms with E-state index in [1.54, 1.807) is 55.6 Å². The SMILES string of the molecule is COc1ccc(COc2cc(-c3n[nH]c(Cc4ccc(-c5cccc(OCc6ccc(Cl)cc6F)n5)cc4F)n3)on2)cc1. The minimum absolute atomic E-state index is 0.0297. The van der Waals surface area contributed by atoms with Crippen molar-refractivity contribution in [3.63, 3.8) is 0 Å². The standard InChI is InChI=1S/C32H24ClF2N5O4/c1-41-24-11-5-19(6-12-24)17-42-31-16-28(44-40-31)32-37-29(38-39-32)14-20-7-8-21(13-25(20)34)27-3-2-4-30(36-27)43-18-22-9-10-23(33)15-26(22)35/h2-13,15-16H,14,17-18H2,1H3,(H,37,38,39). The van der Waals surface area contributed by atoms with Crippen LogP contribution in [0.1, 0.15) is 22.5 Å². The van der Waals surface area contributed by atoms with Crippen LogP contribution in [0.3, 0.4) is 0 Å². The lowest BCUT2D eigenvalue weighted by atomic mass is 10.1. The Morgan fingerprint density at radius 2 is 1.61 bits per heavy atom. The number of H-pyrrole nitrogens is 1. The highest BCUT2D eigenvalue weighted by Gasteiger charge is 2.15. The molecule has 0 unspecified atom stereocenters. The van der Waals surface area contributed by atoms with E-state index >= 15 is 4.39 Å². The van der Waals surface area contributed by atoms with Crippen LogP contribution in [0.25, 0.3) is 22.8 Å². The van der Waals surface area contributed by atoms with Gasteiger partial charge in [-0.25, -0.2) is 18.7 Å². The largest absolute Gasteiger partial charge is 0.497 e. The monoisotopic (exact) mass is 615 g/mol. The molecule has 0 fully saturated rings. The number of nitrogens with one attached hydrogen (secondary N) is 1. The van der Waals surface area contributed by atoms with Gasteiger partial charge < -0.3 is 18.7 Å². The number of rotatable bonds is 11. The van der Waals surface area contributed by atoms with Crippen LogP contribution in [0.2, 0.25) is 5.02 Å². The fourth-order valence-electron chi connectivity index (χ4n) is 4.27. The van der Waals surface area contributed by atoms with Gasteiger partial charge in [0.15, 0.2) is 0 Å². The maximum Gasteiger partial charge on any atom is 0.255 e. The molecule has 0 bridgehead atoms. The number of benzene rings is 3. The van der Waals surface area contributed by atoms with Crippen molar-refractivity contribution in [3.05, 3.63) is 124 Å². The first-order valence-electron chi connectivity index (χ1n) is 13.4. The molecular formula is C32H24ClF2N5O4. The van der Waals surface area contributed by atoms with Crippen molar-refractivity contribution in [2.24, 2.45) is 0 Å². The molecule has 1 N–H and O–H groups in total. The number of hydrogen-bond donors (Lipinski definition) is 1. The molecule has 222 valence electrons. The molecule has 0 aliphatic heterocycles. The van der Waals surface area contributed by atoms with Gasteiger partial charge in [0.2, 0.25) is 17.5 Å². The summed E-state index contributed by atoms with van der Waals surface area (Å²) in [5.74, 6) is 1.42. The number of hydrogen-bond acceptors (Lipinski definition) is 8. The van der Waals surface area contributed by atoms with Crippen molar-refractivity contribution in [2.75, 3.05) is 7.11 Å². The van der Waals surface area contributed by atoms with Crippen LogP contribution in [0.5, 0.6) is 17.5 Å². The Morgan fingerprint density at radius 3 is 2.41 bits per heavy atom. The van der Waals surface area contributed by atoms with E-state index in [9.17, 15) is 4.39 Å². The number of halogens is 3. The molecule has 44 heavy (non-hydrogen) atoms. The summed E-state index contributed by atoms with van der Waals surface area (Å²) in [6.07, 6.45) is 0.164. The third-order valence-electron chi connectivity index (χ3n) is 6.61. The van der Waals surface area contributed by atoms with Gasteiger partial charge in [-0.05, 0) is 52.7 Å². The van der Waals surface area contributed by atoms with Crippen molar-refractivity contribution >= 4 is 11.6 Å². The predicted octanol–water partition coefficient (Wildman–Crippen LogP) is 7.21. The summed E-state index contributed by atoms with van der Waals surface area (Å²) in [6.45, 7) is 0.263. The second kappa shape index (κ2) is 12.9. The lowest BCUT2D eigenvalue weighted by Gasteiger charge is -2.09. The number of pyridine rings is 1. The van der Waals surface area contributed by atoms with Crippen LogP contribution in [0.4, 0.5) is 8.78 Å². The second-order valence-corrected chi connectivity index (χ2v) is 10.1. The maximum absolute atomic E-state index is 15.1. The summed E-state index contributed by atoms with van der Waals surface area (Å²) in [7, 11) is 1.61. The lowest BCUT2D eigenvalue weighted by Crippen LogP contribution is -2.00. The predicted molar refractivity (Wildman–Crippen MR) is 157 cm³/mol. The molecular weight excluding hydrogens is 592 g/mol. The second-order valence-electron chi connectivity index (χ2n) is 9.64. The van der Waals surface area contributed by atoms with Crippen molar-refractivity contribution in [1.82, 2.24) is 25.3 Å². The van der Waals surface area contributed by atoms with E-state index in [1.807, 2.05) is 24.3 Å². The molecule has 12 heteroatoms. The molecule has 0 saturated carbocycles. The zero-order valence-electron chi connectivity index (χ0n) is 23.3. The molecule has 0 amide bonds. The van der Waals surface area contributed by atoms with Crippen LogP contribution in [-0.4, -0.2) is 32.4 Å². The molecule has 3 aromatic carbocycles. The quantitative estimate of drug-likeness (QED) is 0.163. The molecule has 6 rings (SSSR count). The van der Waals surface area contributed by atoms with E-state index in [-0.39, 0.29) is 30.6 Å². The van der Waals surface area contributed by atoms with Gasteiger partial charge >= 0.3 is 0 Å². The topological polar surface area (TPSA) is 108 Å². The molecule has 0 saturated heterocycles. The third-order valence-corrected chi connectivity index (χ3v) is 6.84. The Bertz CT molecular complexity index is 1890. The molecule has 6 aromatic rings. The van der Waals surface area contributed by atoms with Gasteiger partial charge in [0.25, 0.3) is 5.88 Å². The molecule has 9 nitrogen and oxygen atoms in total. The highest BCUT2D eigenvalue weighted by Crippen LogP contribution is 2.26. The summed E-state index contributed by atoms with van der Waals surface area (Å²) in [5, 5.41) is 11.2. The number of ether oxygens (including phenoxy) is 3. The average molecular weight is 616 g/mol. The van der Waals surface area contributed by atoms with E-state index in [1.165, 1.54) is 12.1 Å². The smallest absolute Gasteiger partial charge is 0.255 e. The number of nitrogens with zero attached hydrogens (tertiary/aromatic N) is 4. The van der Waals surface area contributed by atoms with E-state index in [0.717, 1.165) is 11.3 Å². The first-order valence-corrected chi connectivity index (χ1v) is 13.8. The average Bonchev–Trinajstić information content (AvgIpc) is 3.71. The Kier molecular flexibility index (Phi) is 8.46. The first kappa shape index (κ1) is 28.8. The minimum atomic E-state index is -0.467. The summed E-state index contributed by atoms with van der Waals surface area (Å²) < 4.78 is 51.1. The van der Waals surface area contributed by atoms with Crippen LogP contribution in [0, 0.1) is 11.6 Å². The van der Waals surface area contributed by atoms with E-state index in [4.69, 9.17) is 30.3 Å². The molecule has 0 aliphatic rings. The molecule has 3 aromatic heterocycles. The lowest BCUT2D eigenvalue weighted by molar-refractivity contribution is 0.270. The Morgan fingerprint density at radius 1 is 0.818 bits per heavy atom. The Hall–Kier alpha value is -5.29. The molecule has 0 aliphatic carbocycles. The summed E-state index contributed by atoms with van der Waals surface area (Å²) >= 11 is 5.81. The van der Waals surface area contributed by atoms with Crippen LogP contribution in [-0.2, 0) is 19.6 Å². The number of aromatic amines is 1. The van der Waals surface area contributed by atoms with E-state index in [0.29, 0.717) is 45.6 Å². The van der Waals surface area contributed by atoms with Crippen molar-refractivity contribution in [3.8, 4) is 40.4 Å². The normalized spacial score (nSPS) is 11.0. The Labute approximate surface area is 255 Å². The van der Waals surface area contributed by atoms with Crippen LogP contribution < -0.4 is 14.2 Å². The van der Waals surface area contributed by atoms with Crippen molar-refractivity contribution in [1.29, 1.82) is 0 Å². The van der Waals surface area contributed by atoms with Gasteiger partial charge in [0.1, 0.15) is 36.4 Å². The first-order chi connectivity index (χ1) is 21.4. The summed E-state index contributed by atoms with van der Waals surface area (Å²) in [6, 6.07) is 23.3. The minimum Gasteiger partial charge on any atom is -0.497 e. The molecule has 0 radical (unpaired) electrons. The van der Waals surface area contributed by atoms with Crippen LogP contribution in [0.15, 0.2) is 89.5 Å². The van der Waals surface area contributed by atoms with Crippen molar-refractivity contribution < 1.29 is 27.5 Å². The van der Waals surface area contributed by atoms with Gasteiger partial charge in [-0.15, -0.1) is 5.10 Å². The van der Waals surface area contributed by atoms with Gasteiger partial charge in [-0.1, -0.05) is 48.0 Å². The maximum atomic E-state index is 15.1. The van der Waals surface area contributed by atoms with E-state index < -0.39 is 11.6 Å². The van der Waals surface area contributed by atoms with Crippen molar-refractivity contribution in [2.45, 2.75) is 19.6 Å². The van der Waals surface area contributed by atoms with Gasteiger partial charge in [0, 0.05) is 28.6 Å². The highest BCUT2D eigenvalue weighted by atomic mass is 35.5. The van der Waals surface area contributed by atoms with Gasteiger partial charge in [0.05, 0.1) is 18.9 Å². The zero-order valence-corrected chi connectivity index (χ0v) is 24.0. The Balaban J connectivity index is 1.07. The molecule has 3 heterocycles. The van der Waals surface area contributed by atoms with Crippen LogP contribution >= 0.6 is 11.6 Å². The fourth-order valence-corrected chi connectivity index (χ4v) is 4.43. The molecule has 0 atom stereocenters. The molecule has 0 spiro atoms. The third kappa shape index (κ3) is 6.84. The highest BCUT2D eigenvalue weighted by molar-refractivity contribution is 6.30. The number of aromatic nitrogens is 5. The fraction of sp³-hybridized carbons (Fsp3) is 0.125. The summed E-state index contributed by atoms with van der Waals surface area (Å²) in [4.78, 5) is 8.86. The zero-order chi connectivity index (χ0) is 30.5. The van der Waals surface area contributed by atoms with Gasteiger partial charge in [-0.3, -0.25) is 5.10 Å². The van der Waals surface area contributed by atoms with E-state index in [2.05, 4.69) is 25.3 Å². The number of methoxy groups -OCH3 is 1. The van der Waals surface area contributed by atoms with Gasteiger partial charge in [-0.2, -0.15) is 0 Å². The summed E-state index contributed by atoms with van der Waals surface area (Å²) in [5.41, 5.74) is 2.74.